The molecule has 0 radical (unpaired) electrons. The SMILES string of the molecule is CCN1c2cc(OC)c(C=C(C#N)C#N)cc2C(C)=CC1(C)C. The highest BCUT2D eigenvalue weighted by Gasteiger charge is 2.31. The zero-order chi connectivity index (χ0) is 17.2. The first kappa shape index (κ1) is 16.6. The normalized spacial score (nSPS) is 14.9. The van der Waals surface area contributed by atoms with Gasteiger partial charge in [-0.3, -0.25) is 0 Å². The number of nitrogens with zero attached hydrogens (tertiary/aromatic N) is 3. The van der Waals surface area contributed by atoms with Crippen molar-refractivity contribution in [1.82, 2.24) is 0 Å². The van der Waals surface area contributed by atoms with E-state index in [4.69, 9.17) is 15.3 Å². The lowest BCUT2D eigenvalue weighted by atomic mass is 9.87. The number of hydrogen-bond acceptors (Lipinski definition) is 4. The molecule has 1 aromatic carbocycles. The number of likely N-dealkylation sites (N-methyl/N-ethyl adjacent to an activating group) is 1. The van der Waals surface area contributed by atoms with Crippen molar-refractivity contribution in [1.29, 1.82) is 10.5 Å². The van der Waals surface area contributed by atoms with Crippen LogP contribution in [0.5, 0.6) is 5.75 Å². The van der Waals surface area contributed by atoms with Crippen LogP contribution in [0.4, 0.5) is 5.69 Å². The summed E-state index contributed by atoms with van der Waals surface area (Å²) in [6, 6.07) is 7.78. The molecule has 0 saturated heterocycles. The van der Waals surface area contributed by atoms with Crippen molar-refractivity contribution in [2.45, 2.75) is 33.2 Å². The second kappa shape index (κ2) is 6.18. The van der Waals surface area contributed by atoms with Crippen LogP contribution in [0, 0.1) is 22.7 Å². The average Bonchev–Trinajstić information content (AvgIpc) is 2.51. The first-order valence-electron chi connectivity index (χ1n) is 7.59. The van der Waals surface area contributed by atoms with Crippen molar-refractivity contribution in [2.24, 2.45) is 0 Å². The standard InChI is InChI=1S/C19H21N3O/c1-6-22-17-9-18(23-5)15(7-14(11-20)12-21)8-16(17)13(2)10-19(22,3)4/h7-10H,6H2,1-5H3. The molecule has 0 aromatic heterocycles. The van der Waals surface area contributed by atoms with E-state index in [1.807, 2.05) is 24.3 Å². The van der Waals surface area contributed by atoms with Crippen LogP contribution in [0.2, 0.25) is 0 Å². The van der Waals surface area contributed by atoms with E-state index in [0.29, 0.717) is 5.75 Å². The van der Waals surface area contributed by atoms with E-state index >= 15 is 0 Å². The summed E-state index contributed by atoms with van der Waals surface area (Å²) >= 11 is 0. The van der Waals surface area contributed by atoms with Gasteiger partial charge >= 0.3 is 0 Å². The van der Waals surface area contributed by atoms with E-state index in [1.54, 1.807) is 13.2 Å². The molecule has 23 heavy (non-hydrogen) atoms. The summed E-state index contributed by atoms with van der Waals surface area (Å²) in [5, 5.41) is 18.0. The van der Waals surface area contributed by atoms with Crippen LogP contribution in [0.1, 0.15) is 38.8 Å². The minimum absolute atomic E-state index is 0.0633. The van der Waals surface area contributed by atoms with E-state index in [9.17, 15) is 0 Å². The van der Waals surface area contributed by atoms with Gasteiger partial charge in [0.25, 0.3) is 0 Å². The molecule has 0 amide bonds. The number of benzene rings is 1. The quantitative estimate of drug-likeness (QED) is 0.787. The Balaban J connectivity index is 2.72. The van der Waals surface area contributed by atoms with Crippen molar-refractivity contribution in [3.8, 4) is 17.9 Å². The predicted molar refractivity (Wildman–Crippen MR) is 92.9 cm³/mol. The molecule has 0 N–H and O–H groups in total. The monoisotopic (exact) mass is 307 g/mol. The van der Waals surface area contributed by atoms with Gasteiger partial charge in [0.1, 0.15) is 23.5 Å². The topological polar surface area (TPSA) is 60.0 Å². The molecule has 0 aliphatic carbocycles. The Morgan fingerprint density at radius 1 is 1.30 bits per heavy atom. The maximum atomic E-state index is 8.99. The van der Waals surface area contributed by atoms with Crippen molar-refractivity contribution >= 4 is 17.3 Å². The average molecular weight is 307 g/mol. The highest BCUT2D eigenvalue weighted by atomic mass is 16.5. The second-order valence-electron chi connectivity index (χ2n) is 6.12. The van der Waals surface area contributed by atoms with E-state index in [1.165, 1.54) is 5.57 Å². The van der Waals surface area contributed by atoms with Gasteiger partial charge in [-0.2, -0.15) is 10.5 Å². The zero-order valence-electron chi connectivity index (χ0n) is 14.3. The summed E-state index contributed by atoms with van der Waals surface area (Å²) in [6.07, 6.45) is 3.82. The van der Waals surface area contributed by atoms with Gasteiger partial charge in [-0.25, -0.2) is 0 Å². The molecule has 0 fully saturated rings. The minimum Gasteiger partial charge on any atom is -0.496 e. The molecule has 1 aromatic rings. The predicted octanol–water partition coefficient (Wildman–Crippen LogP) is 4.15. The molecule has 1 heterocycles. The second-order valence-corrected chi connectivity index (χ2v) is 6.12. The molecule has 4 nitrogen and oxygen atoms in total. The van der Waals surface area contributed by atoms with Crippen LogP contribution in [0.25, 0.3) is 11.6 Å². The molecule has 1 aliphatic heterocycles. The number of hydrogen-bond donors (Lipinski definition) is 0. The molecule has 0 atom stereocenters. The molecule has 118 valence electrons. The van der Waals surface area contributed by atoms with Crippen LogP contribution >= 0.6 is 0 Å². The van der Waals surface area contributed by atoms with Crippen LogP contribution in [-0.2, 0) is 0 Å². The van der Waals surface area contributed by atoms with Gasteiger partial charge in [0.15, 0.2) is 0 Å². The summed E-state index contributed by atoms with van der Waals surface area (Å²) in [4.78, 5) is 2.32. The molecular formula is C19H21N3O. The number of anilines is 1. The third kappa shape index (κ3) is 2.94. The number of nitriles is 2. The highest BCUT2D eigenvalue weighted by molar-refractivity contribution is 5.85. The lowest BCUT2D eigenvalue weighted by molar-refractivity contribution is 0.413. The Morgan fingerprint density at radius 3 is 2.48 bits per heavy atom. The lowest BCUT2D eigenvalue weighted by Crippen LogP contribution is -2.44. The number of methoxy groups -OCH3 is 1. The largest absolute Gasteiger partial charge is 0.496 e. The zero-order valence-corrected chi connectivity index (χ0v) is 14.3. The summed E-state index contributed by atoms with van der Waals surface area (Å²) < 4.78 is 5.49. The Labute approximate surface area is 137 Å². The van der Waals surface area contributed by atoms with Gasteiger partial charge < -0.3 is 9.64 Å². The van der Waals surface area contributed by atoms with E-state index in [0.717, 1.165) is 23.4 Å². The molecule has 4 heteroatoms. The van der Waals surface area contributed by atoms with Gasteiger partial charge in [-0.1, -0.05) is 6.08 Å². The third-order valence-electron chi connectivity index (χ3n) is 4.19. The maximum Gasteiger partial charge on any atom is 0.130 e. The molecule has 0 spiro atoms. The van der Waals surface area contributed by atoms with Crippen molar-refractivity contribution in [3.63, 3.8) is 0 Å². The Kier molecular flexibility index (Phi) is 4.48. The Bertz CT molecular complexity index is 757. The number of allylic oxidation sites excluding steroid dienone is 2. The molecule has 0 bridgehead atoms. The maximum absolute atomic E-state index is 8.99. The fraction of sp³-hybridized carbons (Fsp3) is 0.368. The molecule has 0 saturated carbocycles. The Morgan fingerprint density at radius 2 is 1.96 bits per heavy atom. The molecular weight excluding hydrogens is 286 g/mol. The van der Waals surface area contributed by atoms with Crippen LogP contribution in [0.3, 0.4) is 0 Å². The van der Waals surface area contributed by atoms with E-state index in [2.05, 4.69) is 38.7 Å². The summed E-state index contributed by atoms with van der Waals surface area (Å²) in [5.74, 6) is 0.663. The lowest BCUT2D eigenvalue weighted by Gasteiger charge is -2.43. The first-order chi connectivity index (χ1) is 10.9. The molecule has 0 unspecified atom stereocenters. The van der Waals surface area contributed by atoms with Crippen molar-refractivity contribution in [3.05, 3.63) is 34.9 Å². The highest BCUT2D eigenvalue weighted by Crippen LogP contribution is 2.42. The van der Waals surface area contributed by atoms with Gasteiger partial charge in [-0.15, -0.1) is 0 Å². The van der Waals surface area contributed by atoms with Crippen LogP contribution in [-0.4, -0.2) is 19.2 Å². The van der Waals surface area contributed by atoms with Gasteiger partial charge in [0, 0.05) is 29.4 Å². The minimum atomic E-state index is -0.0708. The third-order valence-corrected chi connectivity index (χ3v) is 4.19. The van der Waals surface area contributed by atoms with E-state index < -0.39 is 0 Å². The fourth-order valence-corrected chi connectivity index (χ4v) is 3.23. The smallest absolute Gasteiger partial charge is 0.130 e. The van der Waals surface area contributed by atoms with Crippen molar-refractivity contribution in [2.75, 3.05) is 18.6 Å². The van der Waals surface area contributed by atoms with Crippen molar-refractivity contribution < 1.29 is 4.74 Å². The van der Waals surface area contributed by atoms with Gasteiger partial charge in [-0.05, 0) is 45.4 Å². The summed E-state index contributed by atoms with van der Waals surface area (Å²) in [7, 11) is 1.60. The van der Waals surface area contributed by atoms with Crippen LogP contribution < -0.4 is 9.64 Å². The first-order valence-corrected chi connectivity index (χ1v) is 7.59. The number of ether oxygens (including phenoxy) is 1. The molecule has 2 rings (SSSR count). The van der Waals surface area contributed by atoms with E-state index in [-0.39, 0.29) is 11.1 Å². The van der Waals surface area contributed by atoms with Crippen LogP contribution in [0.15, 0.2) is 23.8 Å². The molecule has 1 aliphatic rings. The van der Waals surface area contributed by atoms with Gasteiger partial charge in [0.05, 0.1) is 12.6 Å². The van der Waals surface area contributed by atoms with Gasteiger partial charge in [0.2, 0.25) is 0 Å². The summed E-state index contributed by atoms with van der Waals surface area (Å²) in [5.41, 5.74) is 4.14. The number of rotatable bonds is 3. The Hall–Kier alpha value is -2.72. The fourth-order valence-electron chi connectivity index (χ4n) is 3.23. The summed E-state index contributed by atoms with van der Waals surface area (Å²) in [6.45, 7) is 9.47. The number of fused-ring (bicyclic) bond motifs is 1.